The first kappa shape index (κ1) is 16.7. The van der Waals surface area contributed by atoms with Crippen molar-refractivity contribution in [1.82, 2.24) is 0 Å². The van der Waals surface area contributed by atoms with Gasteiger partial charge in [-0.05, 0) is 49.1 Å². The monoisotopic (exact) mass is 326 g/mol. The summed E-state index contributed by atoms with van der Waals surface area (Å²) in [4.78, 5) is 0. The molecule has 1 rings (SSSR count). The van der Waals surface area contributed by atoms with E-state index in [9.17, 15) is 0 Å². The predicted molar refractivity (Wildman–Crippen MR) is 87.1 cm³/mol. The normalized spacial score (nSPS) is 12.9. The van der Waals surface area contributed by atoms with E-state index in [4.69, 9.17) is 4.74 Å². The predicted octanol–water partition coefficient (Wildman–Crippen LogP) is 5.00. The zero-order chi connectivity index (χ0) is 14.1. The lowest BCUT2D eigenvalue weighted by Crippen LogP contribution is -2.11. The van der Waals surface area contributed by atoms with Crippen LogP contribution < -0.4 is 0 Å². The molecule has 1 nitrogen and oxygen atoms in total. The van der Waals surface area contributed by atoms with Crippen molar-refractivity contribution in [3.63, 3.8) is 0 Å². The molecule has 0 saturated carbocycles. The molecule has 0 aliphatic heterocycles. The fourth-order valence-electron chi connectivity index (χ4n) is 2.05. The second kappa shape index (κ2) is 9.55. The van der Waals surface area contributed by atoms with Crippen molar-refractivity contribution in [2.45, 2.75) is 40.0 Å². The Morgan fingerprint density at radius 1 is 1.11 bits per heavy atom. The molecule has 108 valence electrons. The smallest absolute Gasteiger partial charge is 0.0469 e. The summed E-state index contributed by atoms with van der Waals surface area (Å²) in [5.74, 6) is 1.40. The maximum absolute atomic E-state index is 5.72. The summed E-state index contributed by atoms with van der Waals surface area (Å²) in [5, 5.41) is 1.05. The van der Waals surface area contributed by atoms with E-state index in [1.165, 1.54) is 11.1 Å². The van der Waals surface area contributed by atoms with Gasteiger partial charge in [0, 0.05) is 18.5 Å². The third-order valence-electron chi connectivity index (χ3n) is 3.50. The van der Waals surface area contributed by atoms with Gasteiger partial charge < -0.3 is 4.74 Å². The van der Waals surface area contributed by atoms with Gasteiger partial charge in [-0.3, -0.25) is 0 Å². The summed E-state index contributed by atoms with van der Waals surface area (Å²) in [5.41, 5.74) is 2.86. The third-order valence-corrected chi connectivity index (χ3v) is 4.41. The van der Waals surface area contributed by atoms with Gasteiger partial charge >= 0.3 is 0 Å². The maximum Gasteiger partial charge on any atom is 0.0469 e. The summed E-state index contributed by atoms with van der Waals surface area (Å²) in [6, 6.07) is 8.67. The zero-order valence-electron chi connectivity index (χ0n) is 12.5. The second-order valence-corrected chi connectivity index (χ2v) is 6.38. The van der Waals surface area contributed by atoms with Crippen molar-refractivity contribution in [2.24, 2.45) is 11.8 Å². The summed E-state index contributed by atoms with van der Waals surface area (Å²) in [6.45, 7) is 8.46. The molecular weight excluding hydrogens is 300 g/mol. The molecule has 0 heterocycles. The Morgan fingerprint density at radius 2 is 1.79 bits per heavy atom. The van der Waals surface area contributed by atoms with Gasteiger partial charge in [0.05, 0.1) is 0 Å². The molecule has 0 aromatic heterocycles. The van der Waals surface area contributed by atoms with Crippen molar-refractivity contribution in [3.05, 3.63) is 35.4 Å². The highest BCUT2D eigenvalue weighted by Gasteiger charge is 2.09. The highest BCUT2D eigenvalue weighted by molar-refractivity contribution is 9.09. The number of halogens is 1. The van der Waals surface area contributed by atoms with Gasteiger partial charge in [0.2, 0.25) is 0 Å². The molecule has 0 bridgehead atoms. The van der Waals surface area contributed by atoms with Gasteiger partial charge in [-0.2, -0.15) is 0 Å². The van der Waals surface area contributed by atoms with Crippen molar-refractivity contribution in [1.29, 1.82) is 0 Å². The van der Waals surface area contributed by atoms with Crippen LogP contribution in [-0.4, -0.2) is 18.5 Å². The molecule has 0 radical (unpaired) electrons. The Bertz CT molecular complexity index is 349. The molecule has 1 unspecified atom stereocenters. The zero-order valence-corrected chi connectivity index (χ0v) is 14.1. The molecule has 19 heavy (non-hydrogen) atoms. The van der Waals surface area contributed by atoms with E-state index in [2.05, 4.69) is 61.0 Å². The topological polar surface area (TPSA) is 9.23 Å². The van der Waals surface area contributed by atoms with Gasteiger partial charge in [-0.1, -0.05) is 54.0 Å². The molecule has 0 amide bonds. The molecule has 0 N–H and O–H groups in total. The number of hydrogen-bond donors (Lipinski definition) is 0. The van der Waals surface area contributed by atoms with Gasteiger partial charge in [-0.25, -0.2) is 0 Å². The van der Waals surface area contributed by atoms with E-state index in [0.717, 1.165) is 43.7 Å². The van der Waals surface area contributed by atoms with Gasteiger partial charge in [0.1, 0.15) is 0 Å². The average Bonchev–Trinajstić information content (AvgIpc) is 2.39. The minimum absolute atomic E-state index is 0.667. The van der Waals surface area contributed by atoms with Crippen molar-refractivity contribution >= 4 is 15.9 Å². The van der Waals surface area contributed by atoms with E-state index in [1.807, 2.05) is 0 Å². The lowest BCUT2D eigenvalue weighted by Gasteiger charge is -2.16. The number of ether oxygens (including phenoxy) is 1. The first-order valence-corrected chi connectivity index (χ1v) is 8.43. The second-order valence-electron chi connectivity index (χ2n) is 5.73. The van der Waals surface area contributed by atoms with Crippen LogP contribution in [0.3, 0.4) is 0 Å². The molecule has 0 aliphatic carbocycles. The molecule has 2 heteroatoms. The molecule has 1 aromatic carbocycles. The molecule has 0 spiro atoms. The Hall–Kier alpha value is -0.340. The van der Waals surface area contributed by atoms with E-state index < -0.39 is 0 Å². The van der Waals surface area contributed by atoms with Crippen LogP contribution in [0.5, 0.6) is 0 Å². The van der Waals surface area contributed by atoms with Crippen LogP contribution in [0.2, 0.25) is 0 Å². The molecule has 0 saturated heterocycles. The summed E-state index contributed by atoms with van der Waals surface area (Å²) in [6.07, 6.45) is 3.44. The number of rotatable bonds is 9. The Kier molecular flexibility index (Phi) is 8.40. The van der Waals surface area contributed by atoms with Gasteiger partial charge in [0.15, 0.2) is 0 Å². The van der Waals surface area contributed by atoms with Gasteiger partial charge in [-0.15, -0.1) is 0 Å². The fraction of sp³-hybridized carbons (Fsp3) is 0.647. The largest absolute Gasteiger partial charge is 0.381 e. The SMILES string of the molecule is Cc1ccccc1CC(CBr)CCOCCC(C)C. The van der Waals surface area contributed by atoms with E-state index in [1.54, 1.807) is 0 Å². The third kappa shape index (κ3) is 7.12. The maximum atomic E-state index is 5.72. The van der Waals surface area contributed by atoms with Crippen LogP contribution in [0.15, 0.2) is 24.3 Å². The summed E-state index contributed by atoms with van der Waals surface area (Å²) < 4.78 is 5.72. The van der Waals surface area contributed by atoms with Crippen molar-refractivity contribution in [3.8, 4) is 0 Å². The fourth-order valence-corrected chi connectivity index (χ4v) is 2.61. The standard InChI is InChI=1S/C17H27BrO/c1-14(2)8-10-19-11-9-16(13-18)12-17-7-5-4-6-15(17)3/h4-7,14,16H,8-13H2,1-3H3. The molecular formula is C17H27BrO. The highest BCUT2D eigenvalue weighted by Crippen LogP contribution is 2.18. The lowest BCUT2D eigenvalue weighted by molar-refractivity contribution is 0.113. The summed E-state index contributed by atoms with van der Waals surface area (Å²) >= 11 is 3.63. The minimum atomic E-state index is 0.667. The minimum Gasteiger partial charge on any atom is -0.381 e. The highest BCUT2D eigenvalue weighted by atomic mass is 79.9. The Balaban J connectivity index is 2.28. The Morgan fingerprint density at radius 3 is 2.42 bits per heavy atom. The van der Waals surface area contributed by atoms with Crippen LogP contribution >= 0.6 is 15.9 Å². The van der Waals surface area contributed by atoms with Crippen molar-refractivity contribution in [2.75, 3.05) is 18.5 Å². The van der Waals surface area contributed by atoms with Gasteiger partial charge in [0.25, 0.3) is 0 Å². The number of hydrogen-bond acceptors (Lipinski definition) is 1. The average molecular weight is 327 g/mol. The van der Waals surface area contributed by atoms with Crippen LogP contribution in [0.4, 0.5) is 0 Å². The van der Waals surface area contributed by atoms with Crippen LogP contribution in [-0.2, 0) is 11.2 Å². The number of alkyl halides is 1. The summed E-state index contributed by atoms with van der Waals surface area (Å²) in [7, 11) is 0. The van der Waals surface area contributed by atoms with Crippen LogP contribution in [0.1, 0.15) is 37.8 Å². The van der Waals surface area contributed by atoms with E-state index in [0.29, 0.717) is 5.92 Å². The first-order chi connectivity index (χ1) is 9.13. The molecule has 1 atom stereocenters. The molecule has 0 fully saturated rings. The quantitative estimate of drug-likeness (QED) is 0.458. The Labute approximate surface area is 126 Å². The van der Waals surface area contributed by atoms with Crippen molar-refractivity contribution < 1.29 is 4.74 Å². The van der Waals surface area contributed by atoms with Crippen LogP contribution in [0, 0.1) is 18.8 Å². The molecule has 0 aliphatic rings. The number of aryl methyl sites for hydroxylation is 1. The van der Waals surface area contributed by atoms with E-state index >= 15 is 0 Å². The van der Waals surface area contributed by atoms with E-state index in [-0.39, 0.29) is 0 Å². The van der Waals surface area contributed by atoms with Crippen LogP contribution in [0.25, 0.3) is 0 Å². The first-order valence-electron chi connectivity index (χ1n) is 7.31. The molecule has 1 aromatic rings. The number of benzene rings is 1. The lowest BCUT2D eigenvalue weighted by atomic mass is 9.95.